The highest BCUT2D eigenvalue weighted by atomic mass is 79.9. The average molecular weight is 917 g/mol. The summed E-state index contributed by atoms with van der Waals surface area (Å²) >= 11 is 3.58. The minimum atomic E-state index is -0.813. The van der Waals surface area contributed by atoms with Crippen LogP contribution in [0, 0.1) is 11.8 Å². The van der Waals surface area contributed by atoms with E-state index in [-0.39, 0.29) is 47.5 Å². The average Bonchev–Trinajstić information content (AvgIpc) is 4.06. The summed E-state index contributed by atoms with van der Waals surface area (Å²) in [5, 5.41) is 11.3. The standard InChI is InChI=1S/C46H58BrN7O8/c1-27(2)39(50-45(59)61-5)43(57)52-25-7-9-37(52)41(55)48-32-17-11-29(12-18-32)35-23-24-36(54(35)34-21-15-31(47)16-22-34)30-13-19-33(20-14-30)49-42(56)38-10-8-26-53(38)44(58)40(28(3)4)51-46(60)62-6/h11-22,27-28,35-40H,7-10,23-26H2,1-6H3,(H,48,55)(H,49,56)(H,50,59)(H,51,60)/t35-,36-,37-,38-,39-,40-/m0/s1. The maximum atomic E-state index is 13.6. The third kappa shape index (κ3) is 10.5. The largest absolute Gasteiger partial charge is 0.453 e. The summed E-state index contributed by atoms with van der Waals surface area (Å²) < 4.78 is 10.4. The van der Waals surface area contributed by atoms with Crippen molar-refractivity contribution >= 4 is 68.8 Å². The number of hydrogen-bond donors (Lipinski definition) is 4. The summed E-state index contributed by atoms with van der Waals surface area (Å²) in [4.78, 5) is 83.7. The molecule has 332 valence electrons. The van der Waals surface area contributed by atoms with Crippen LogP contribution in [0.2, 0.25) is 0 Å². The minimum Gasteiger partial charge on any atom is -0.453 e. The molecule has 0 unspecified atom stereocenters. The van der Waals surface area contributed by atoms with Gasteiger partial charge in [-0.05, 0) is 110 Å². The van der Waals surface area contributed by atoms with E-state index in [0.717, 1.165) is 34.1 Å². The van der Waals surface area contributed by atoms with Gasteiger partial charge in [0, 0.05) is 34.6 Å². The highest BCUT2D eigenvalue weighted by Crippen LogP contribution is 2.47. The molecule has 3 saturated heterocycles. The number of nitrogens with one attached hydrogen (secondary N) is 4. The highest BCUT2D eigenvalue weighted by Gasteiger charge is 2.41. The number of benzene rings is 3. The molecule has 0 bridgehead atoms. The molecule has 6 amide bonds. The van der Waals surface area contributed by atoms with Gasteiger partial charge in [0.15, 0.2) is 0 Å². The maximum absolute atomic E-state index is 13.6. The molecule has 3 fully saturated rings. The molecule has 6 rings (SSSR count). The number of amides is 6. The van der Waals surface area contributed by atoms with Crippen molar-refractivity contribution in [2.24, 2.45) is 11.8 Å². The second kappa shape index (κ2) is 20.5. The van der Waals surface area contributed by atoms with Gasteiger partial charge in [-0.1, -0.05) is 67.9 Å². The number of anilines is 3. The van der Waals surface area contributed by atoms with Crippen molar-refractivity contribution in [3.63, 3.8) is 0 Å². The van der Waals surface area contributed by atoms with Crippen molar-refractivity contribution < 1.29 is 38.2 Å². The Kier molecular flexibility index (Phi) is 15.2. The van der Waals surface area contributed by atoms with Crippen molar-refractivity contribution in [2.75, 3.05) is 42.8 Å². The molecule has 0 aliphatic carbocycles. The Hall–Kier alpha value is -5.64. The van der Waals surface area contributed by atoms with Gasteiger partial charge in [-0.15, -0.1) is 0 Å². The topological polar surface area (TPSA) is 179 Å². The van der Waals surface area contributed by atoms with E-state index in [1.807, 2.05) is 88.4 Å². The first kappa shape index (κ1) is 45.9. The molecule has 0 radical (unpaired) electrons. The molecule has 3 aromatic rings. The van der Waals surface area contributed by atoms with Crippen LogP contribution < -0.4 is 26.2 Å². The Labute approximate surface area is 371 Å². The molecule has 3 aliphatic rings. The molecule has 3 heterocycles. The summed E-state index contributed by atoms with van der Waals surface area (Å²) in [5.74, 6) is -1.56. The first-order valence-corrected chi connectivity index (χ1v) is 22.2. The van der Waals surface area contributed by atoms with Crippen molar-refractivity contribution in [1.82, 2.24) is 20.4 Å². The lowest BCUT2D eigenvalue weighted by Gasteiger charge is -2.33. The summed E-state index contributed by atoms with van der Waals surface area (Å²) in [5.41, 5.74) is 4.46. The molecule has 0 spiro atoms. The van der Waals surface area contributed by atoms with Crippen LogP contribution in [-0.2, 0) is 28.7 Å². The maximum Gasteiger partial charge on any atom is 0.407 e. The van der Waals surface area contributed by atoms with Crippen LogP contribution in [-0.4, -0.2) is 97.1 Å². The first-order valence-electron chi connectivity index (χ1n) is 21.4. The number of nitrogens with zero attached hydrogens (tertiary/aromatic N) is 3. The Morgan fingerprint density at radius 3 is 1.32 bits per heavy atom. The number of carbonyl (C=O) groups excluding carboxylic acids is 6. The number of carbonyl (C=O) groups is 6. The summed E-state index contributed by atoms with van der Waals surface area (Å²) in [7, 11) is 2.50. The van der Waals surface area contributed by atoms with Crippen LogP contribution in [0.5, 0.6) is 0 Å². The Bertz CT molecular complexity index is 1960. The van der Waals surface area contributed by atoms with Crippen molar-refractivity contribution in [2.45, 2.75) is 102 Å². The van der Waals surface area contributed by atoms with Gasteiger partial charge < -0.3 is 45.4 Å². The number of halogens is 1. The second-order valence-electron chi connectivity index (χ2n) is 16.8. The second-order valence-corrected chi connectivity index (χ2v) is 17.7. The van der Waals surface area contributed by atoms with E-state index < -0.39 is 36.4 Å². The van der Waals surface area contributed by atoms with Crippen LogP contribution in [0.3, 0.4) is 0 Å². The zero-order valence-electron chi connectivity index (χ0n) is 36.2. The van der Waals surface area contributed by atoms with Gasteiger partial charge in [-0.25, -0.2) is 9.59 Å². The van der Waals surface area contributed by atoms with Crippen LogP contribution in [0.25, 0.3) is 0 Å². The lowest BCUT2D eigenvalue weighted by Crippen LogP contribution is -2.54. The molecule has 3 aliphatic heterocycles. The van der Waals surface area contributed by atoms with Crippen LogP contribution in [0.15, 0.2) is 77.3 Å². The van der Waals surface area contributed by atoms with Gasteiger partial charge >= 0.3 is 12.2 Å². The molecule has 6 atom stereocenters. The highest BCUT2D eigenvalue weighted by molar-refractivity contribution is 9.10. The Morgan fingerprint density at radius 1 is 0.581 bits per heavy atom. The molecule has 62 heavy (non-hydrogen) atoms. The van der Waals surface area contributed by atoms with E-state index in [0.29, 0.717) is 50.1 Å². The number of hydrogen-bond acceptors (Lipinski definition) is 9. The van der Waals surface area contributed by atoms with Crippen molar-refractivity contribution in [3.05, 3.63) is 88.4 Å². The number of alkyl carbamates (subject to hydrolysis) is 2. The van der Waals surface area contributed by atoms with Crippen LogP contribution >= 0.6 is 15.9 Å². The predicted octanol–water partition coefficient (Wildman–Crippen LogP) is 7.15. The monoisotopic (exact) mass is 915 g/mol. The molecular formula is C46H58BrN7O8. The fourth-order valence-corrected chi connectivity index (χ4v) is 9.09. The van der Waals surface area contributed by atoms with Crippen molar-refractivity contribution in [3.8, 4) is 0 Å². The van der Waals surface area contributed by atoms with E-state index in [9.17, 15) is 28.8 Å². The number of ether oxygens (including phenoxy) is 2. The smallest absolute Gasteiger partial charge is 0.407 e. The van der Waals surface area contributed by atoms with Gasteiger partial charge in [0.2, 0.25) is 23.6 Å². The fraction of sp³-hybridized carbons (Fsp3) is 0.478. The lowest BCUT2D eigenvalue weighted by molar-refractivity contribution is -0.139. The summed E-state index contributed by atoms with van der Waals surface area (Å²) in [6, 6.07) is 21.1. The van der Waals surface area contributed by atoms with Gasteiger partial charge in [-0.3, -0.25) is 19.2 Å². The van der Waals surface area contributed by atoms with E-state index in [2.05, 4.69) is 54.2 Å². The fourth-order valence-electron chi connectivity index (χ4n) is 8.83. The molecule has 15 nitrogen and oxygen atoms in total. The van der Waals surface area contributed by atoms with E-state index in [1.54, 1.807) is 9.80 Å². The summed E-state index contributed by atoms with van der Waals surface area (Å²) in [6.07, 6.45) is 2.75. The molecule has 4 N–H and O–H groups in total. The van der Waals surface area contributed by atoms with Crippen LogP contribution in [0.4, 0.5) is 26.7 Å². The summed E-state index contributed by atoms with van der Waals surface area (Å²) in [6.45, 7) is 8.20. The number of methoxy groups -OCH3 is 2. The quantitative estimate of drug-likeness (QED) is 0.139. The Morgan fingerprint density at radius 2 is 0.968 bits per heavy atom. The Balaban J connectivity index is 1.13. The molecule has 3 aromatic carbocycles. The van der Waals surface area contributed by atoms with Crippen LogP contribution in [0.1, 0.15) is 89.4 Å². The normalized spacial score (nSPS) is 20.8. The first-order chi connectivity index (χ1) is 29.7. The zero-order valence-corrected chi connectivity index (χ0v) is 37.8. The van der Waals surface area contributed by atoms with Gasteiger partial charge in [0.05, 0.1) is 26.3 Å². The van der Waals surface area contributed by atoms with Gasteiger partial charge in [0.25, 0.3) is 0 Å². The predicted molar refractivity (Wildman–Crippen MR) is 239 cm³/mol. The number of rotatable bonds is 13. The molecular weight excluding hydrogens is 858 g/mol. The SMILES string of the molecule is COC(=O)N[C@H](C(=O)N1CCC[C@H]1C(=O)Nc1ccc([C@@H]2CC[C@@H](c3ccc(NC(=O)[C@@H]4CCCN4C(=O)[C@@H](NC(=O)OC)C(C)C)cc3)N2c2ccc(Br)cc2)cc1)C(C)C. The third-order valence-corrected chi connectivity index (χ3v) is 12.6. The zero-order chi connectivity index (χ0) is 44.7. The third-order valence-electron chi connectivity index (χ3n) is 12.1. The molecule has 16 heteroatoms. The molecule has 0 saturated carbocycles. The van der Waals surface area contributed by atoms with Crippen molar-refractivity contribution in [1.29, 1.82) is 0 Å². The van der Waals surface area contributed by atoms with Gasteiger partial charge in [0.1, 0.15) is 24.2 Å². The van der Waals surface area contributed by atoms with Gasteiger partial charge in [-0.2, -0.15) is 0 Å². The molecule has 0 aromatic heterocycles. The van der Waals surface area contributed by atoms with E-state index in [4.69, 9.17) is 9.47 Å². The van der Waals surface area contributed by atoms with E-state index in [1.165, 1.54) is 14.2 Å². The lowest BCUT2D eigenvalue weighted by atomic mass is 10.0. The van der Waals surface area contributed by atoms with E-state index >= 15 is 0 Å². The minimum absolute atomic E-state index is 0.0257. The number of likely N-dealkylation sites (tertiary alicyclic amines) is 2.